The van der Waals surface area contributed by atoms with Gasteiger partial charge in [0.05, 0.1) is 19.8 Å². The molecule has 1 N–H and O–H groups in total. The van der Waals surface area contributed by atoms with Crippen molar-refractivity contribution in [2.45, 2.75) is 91.8 Å². The van der Waals surface area contributed by atoms with Crippen LogP contribution in [0.1, 0.15) is 97.6 Å². The molecule has 0 radical (unpaired) electrons. The molecule has 1 aliphatic heterocycles. The first-order valence-electron chi connectivity index (χ1n) is 14.7. The van der Waals surface area contributed by atoms with E-state index in [1.165, 1.54) is 18.2 Å². The second-order valence-corrected chi connectivity index (χ2v) is 12.8. The van der Waals surface area contributed by atoms with Crippen molar-refractivity contribution in [3.63, 3.8) is 0 Å². The van der Waals surface area contributed by atoms with E-state index in [0.717, 1.165) is 34.5 Å². The van der Waals surface area contributed by atoms with Gasteiger partial charge in [0.2, 0.25) is 5.92 Å². The summed E-state index contributed by atoms with van der Waals surface area (Å²) in [5.41, 5.74) is 6.59. The number of aryl methyl sites for hydroxylation is 1. The van der Waals surface area contributed by atoms with Crippen LogP contribution in [-0.2, 0) is 11.3 Å². The predicted octanol–water partition coefficient (Wildman–Crippen LogP) is 8.34. The van der Waals surface area contributed by atoms with Crippen LogP contribution in [0.25, 0.3) is 6.08 Å². The number of piperidine rings is 1. The van der Waals surface area contributed by atoms with Gasteiger partial charge in [-0.25, -0.2) is 13.6 Å². The molecule has 1 saturated heterocycles. The molecule has 224 valence electrons. The highest BCUT2D eigenvalue weighted by atomic mass is 19.3. The molecule has 4 rings (SSSR count). The molecule has 0 amide bonds. The molecule has 0 bridgehead atoms. The number of nitrogens with zero attached hydrogens (tertiary/aromatic N) is 1. The minimum absolute atomic E-state index is 0.0626. The van der Waals surface area contributed by atoms with Crippen molar-refractivity contribution in [1.29, 1.82) is 0 Å². The lowest BCUT2D eigenvalue weighted by atomic mass is 9.58. The summed E-state index contributed by atoms with van der Waals surface area (Å²) in [6.07, 6.45) is 5.66. The summed E-state index contributed by atoms with van der Waals surface area (Å²) in [5, 5.41) is 3.52. The first-order valence-corrected chi connectivity index (χ1v) is 14.7. The second-order valence-electron chi connectivity index (χ2n) is 12.8. The molecule has 1 atom stereocenters. The topological polar surface area (TPSA) is 50.8 Å². The number of ether oxygens (including phenoxy) is 2. The molecule has 7 heteroatoms. The zero-order valence-electron chi connectivity index (χ0n) is 25.9. The monoisotopic (exact) mass is 568 g/mol. The lowest BCUT2D eigenvalue weighted by Gasteiger charge is -2.55. The van der Waals surface area contributed by atoms with Gasteiger partial charge in [-0.1, -0.05) is 32.1 Å². The molecular weight excluding hydrogens is 522 g/mol. The van der Waals surface area contributed by atoms with Crippen molar-refractivity contribution in [1.82, 2.24) is 4.90 Å². The van der Waals surface area contributed by atoms with Crippen LogP contribution < -0.4 is 10.1 Å². The quantitative estimate of drug-likeness (QED) is 0.308. The molecule has 2 aromatic carbocycles. The zero-order chi connectivity index (χ0) is 30.1. The summed E-state index contributed by atoms with van der Waals surface area (Å²) in [7, 11) is 3.08. The standard InChI is InChI=1S/C34H46F2N2O3/c1-21(2)9-11-26-24(6)23(5)15-31(40-7)28(26)18-38-14-13-33(19-34(35,36)20-33)17-30(38)27-12-10-25(32(39)41-8)16-29(27)37-22(3)4/h9-12,15-16,21-22,30,37H,13-14,17-20H2,1-8H3/b11-9-. The number of likely N-dealkylation sites (tertiary alicyclic amines) is 1. The van der Waals surface area contributed by atoms with Gasteiger partial charge in [-0.3, -0.25) is 4.90 Å². The number of anilines is 1. The third kappa shape index (κ3) is 6.77. The van der Waals surface area contributed by atoms with Crippen molar-refractivity contribution in [3.05, 3.63) is 63.7 Å². The van der Waals surface area contributed by atoms with Crippen LogP contribution in [0.15, 0.2) is 30.3 Å². The summed E-state index contributed by atoms with van der Waals surface area (Å²) < 4.78 is 39.4. The van der Waals surface area contributed by atoms with Gasteiger partial charge in [0, 0.05) is 42.7 Å². The summed E-state index contributed by atoms with van der Waals surface area (Å²) in [6, 6.07) is 7.70. The normalized spacial score (nSPS) is 20.0. The average Bonchev–Trinajstić information content (AvgIpc) is 2.89. The van der Waals surface area contributed by atoms with E-state index in [2.05, 4.69) is 70.0 Å². The number of alkyl halides is 2. The van der Waals surface area contributed by atoms with E-state index in [-0.39, 0.29) is 30.3 Å². The molecule has 5 nitrogen and oxygen atoms in total. The van der Waals surface area contributed by atoms with E-state index >= 15 is 0 Å². The van der Waals surface area contributed by atoms with Crippen molar-refractivity contribution in [2.75, 3.05) is 26.1 Å². The lowest BCUT2D eigenvalue weighted by molar-refractivity contribution is -0.186. The van der Waals surface area contributed by atoms with Gasteiger partial charge in [0.25, 0.3) is 0 Å². The summed E-state index contributed by atoms with van der Waals surface area (Å²) >= 11 is 0. The molecular formula is C34H46F2N2O3. The molecule has 0 aromatic heterocycles. The van der Waals surface area contributed by atoms with E-state index < -0.39 is 11.9 Å². The molecule has 1 heterocycles. The molecule has 1 unspecified atom stereocenters. The molecule has 2 aromatic rings. The number of hydrogen-bond donors (Lipinski definition) is 1. The molecule has 1 saturated carbocycles. The fourth-order valence-electron chi connectivity index (χ4n) is 6.59. The summed E-state index contributed by atoms with van der Waals surface area (Å²) in [4.78, 5) is 14.8. The number of benzene rings is 2. The number of allylic oxidation sites excluding steroid dienone is 1. The Morgan fingerprint density at radius 2 is 1.85 bits per heavy atom. The highest BCUT2D eigenvalue weighted by Gasteiger charge is 2.58. The molecule has 1 spiro atoms. The number of esters is 1. The van der Waals surface area contributed by atoms with Gasteiger partial charge in [-0.05, 0) is 98.9 Å². The van der Waals surface area contributed by atoms with Crippen LogP contribution in [0.5, 0.6) is 5.75 Å². The molecule has 41 heavy (non-hydrogen) atoms. The third-order valence-corrected chi connectivity index (χ3v) is 8.74. The lowest BCUT2D eigenvalue weighted by Crippen LogP contribution is -2.53. The van der Waals surface area contributed by atoms with Gasteiger partial charge >= 0.3 is 5.97 Å². The van der Waals surface area contributed by atoms with Gasteiger partial charge in [0.15, 0.2) is 0 Å². The van der Waals surface area contributed by atoms with Gasteiger partial charge < -0.3 is 14.8 Å². The number of halogens is 2. The van der Waals surface area contributed by atoms with Gasteiger partial charge in [-0.2, -0.15) is 0 Å². The SMILES string of the molecule is COC(=O)c1ccc(C2CC3(CCN2Cc2c(OC)cc(C)c(C)c2/C=C\C(C)C)CC(F)(F)C3)c(NC(C)C)c1. The smallest absolute Gasteiger partial charge is 0.337 e. The zero-order valence-corrected chi connectivity index (χ0v) is 25.9. The Bertz CT molecular complexity index is 1290. The van der Waals surface area contributed by atoms with E-state index in [4.69, 9.17) is 9.47 Å². The first-order chi connectivity index (χ1) is 19.3. The molecule has 1 aliphatic carbocycles. The van der Waals surface area contributed by atoms with Crippen molar-refractivity contribution in [2.24, 2.45) is 11.3 Å². The fraction of sp³-hybridized carbons (Fsp3) is 0.559. The van der Waals surface area contributed by atoms with Crippen LogP contribution in [0.4, 0.5) is 14.5 Å². The Labute approximate surface area is 244 Å². The number of carbonyl (C=O) groups excluding carboxylic acids is 1. The highest BCUT2D eigenvalue weighted by molar-refractivity contribution is 5.90. The summed E-state index contributed by atoms with van der Waals surface area (Å²) in [6.45, 7) is 14.0. The van der Waals surface area contributed by atoms with E-state index in [0.29, 0.717) is 31.0 Å². The largest absolute Gasteiger partial charge is 0.496 e. The van der Waals surface area contributed by atoms with Crippen LogP contribution >= 0.6 is 0 Å². The van der Waals surface area contributed by atoms with Gasteiger partial charge in [-0.15, -0.1) is 0 Å². The van der Waals surface area contributed by atoms with Crippen LogP contribution in [0.2, 0.25) is 0 Å². The van der Waals surface area contributed by atoms with Crippen molar-refractivity contribution in [3.8, 4) is 5.75 Å². The Hall–Kier alpha value is -2.93. The number of nitrogens with one attached hydrogen (secondary N) is 1. The van der Waals surface area contributed by atoms with E-state index in [1.807, 2.05) is 12.1 Å². The van der Waals surface area contributed by atoms with Crippen LogP contribution in [0.3, 0.4) is 0 Å². The maximum absolute atomic E-state index is 14.3. The summed E-state index contributed by atoms with van der Waals surface area (Å²) in [5.74, 6) is -1.76. The Kier molecular flexibility index (Phi) is 9.17. The van der Waals surface area contributed by atoms with Crippen LogP contribution in [-0.4, -0.2) is 43.6 Å². The maximum atomic E-state index is 14.3. The second kappa shape index (κ2) is 12.1. The van der Waals surface area contributed by atoms with E-state index in [1.54, 1.807) is 13.2 Å². The minimum atomic E-state index is -2.59. The number of hydrogen-bond acceptors (Lipinski definition) is 5. The van der Waals surface area contributed by atoms with Crippen LogP contribution in [0, 0.1) is 25.2 Å². The Morgan fingerprint density at radius 3 is 2.44 bits per heavy atom. The molecule has 2 aliphatic rings. The minimum Gasteiger partial charge on any atom is -0.496 e. The third-order valence-electron chi connectivity index (χ3n) is 8.74. The predicted molar refractivity (Wildman–Crippen MR) is 162 cm³/mol. The Morgan fingerprint density at radius 1 is 1.15 bits per heavy atom. The first kappa shape index (κ1) is 31.0. The highest BCUT2D eigenvalue weighted by Crippen LogP contribution is 2.61. The maximum Gasteiger partial charge on any atom is 0.337 e. The average molecular weight is 569 g/mol. The van der Waals surface area contributed by atoms with Crippen molar-refractivity contribution < 1.29 is 23.0 Å². The van der Waals surface area contributed by atoms with Crippen molar-refractivity contribution >= 4 is 17.7 Å². The number of rotatable bonds is 9. The van der Waals surface area contributed by atoms with Gasteiger partial charge in [0.1, 0.15) is 5.75 Å². The van der Waals surface area contributed by atoms with E-state index in [9.17, 15) is 13.6 Å². The fourth-order valence-corrected chi connectivity index (χ4v) is 6.59. The number of carbonyl (C=O) groups is 1. The molecule has 2 fully saturated rings. The number of methoxy groups -OCH3 is 2. The Balaban J connectivity index is 1.81.